The molecule has 0 aliphatic rings. The monoisotopic (exact) mass is 172 g/mol. The lowest BCUT2D eigenvalue weighted by Gasteiger charge is -2.11. The summed E-state index contributed by atoms with van der Waals surface area (Å²) in [6.45, 7) is 1.93. The van der Waals surface area contributed by atoms with Gasteiger partial charge in [-0.15, -0.1) is 0 Å². The Kier molecular flexibility index (Phi) is 5.28. The normalized spacial score (nSPS) is 12.5. The predicted octanol–water partition coefficient (Wildman–Crippen LogP) is -0.181. The number of hydrogen-bond acceptors (Lipinski definition) is 3. The summed E-state index contributed by atoms with van der Waals surface area (Å²) in [4.78, 5) is 21.7. The second kappa shape index (κ2) is 5.71. The van der Waals surface area contributed by atoms with Gasteiger partial charge in [0.05, 0.1) is 6.04 Å². The van der Waals surface area contributed by atoms with E-state index in [-0.39, 0.29) is 12.2 Å². The van der Waals surface area contributed by atoms with Crippen LogP contribution in [0.15, 0.2) is 0 Å². The van der Waals surface area contributed by atoms with Crippen molar-refractivity contribution >= 4 is 11.7 Å². The van der Waals surface area contributed by atoms with Crippen LogP contribution in [0.2, 0.25) is 0 Å². The number of nitrogens with two attached hydrogens (primary N) is 1. The molecule has 1 atom stereocenters. The summed E-state index contributed by atoms with van der Waals surface area (Å²) in [6, 6.07) is -0.401. The number of carbonyl (C=O) groups excluding carboxylic acids is 2. The highest BCUT2D eigenvalue weighted by molar-refractivity contribution is 5.89. The highest BCUT2D eigenvalue weighted by Gasteiger charge is 2.16. The molecule has 4 nitrogen and oxygen atoms in total. The summed E-state index contributed by atoms with van der Waals surface area (Å²) >= 11 is 0. The maximum atomic E-state index is 11.2. The molecule has 0 bridgehead atoms. The summed E-state index contributed by atoms with van der Waals surface area (Å²) in [5, 5.41) is 2.77. The fourth-order valence-electron chi connectivity index (χ4n) is 0.999. The van der Waals surface area contributed by atoms with Crippen molar-refractivity contribution in [2.24, 2.45) is 5.73 Å². The summed E-state index contributed by atoms with van der Waals surface area (Å²) in [5.74, 6) is -0.391. The topological polar surface area (TPSA) is 72.2 Å². The predicted molar refractivity (Wildman–Crippen MR) is 46.6 cm³/mol. The first kappa shape index (κ1) is 11.1. The highest BCUT2D eigenvalue weighted by Crippen LogP contribution is 1.98. The summed E-state index contributed by atoms with van der Waals surface area (Å²) in [7, 11) is 1.65. The largest absolute Gasteiger partial charge is 0.370 e. The number of nitrogens with one attached hydrogen (secondary N) is 1. The molecule has 1 amide bonds. The summed E-state index contributed by atoms with van der Waals surface area (Å²) in [6.07, 6.45) is 1.39. The van der Waals surface area contributed by atoms with Gasteiger partial charge < -0.3 is 11.1 Å². The van der Waals surface area contributed by atoms with Crippen LogP contribution in [-0.2, 0) is 9.59 Å². The van der Waals surface area contributed by atoms with Crippen LogP contribution in [0.4, 0.5) is 0 Å². The van der Waals surface area contributed by atoms with Gasteiger partial charge in [-0.25, -0.2) is 0 Å². The van der Waals surface area contributed by atoms with Crippen molar-refractivity contribution in [3.8, 4) is 0 Å². The van der Waals surface area contributed by atoms with Gasteiger partial charge in [-0.2, -0.15) is 0 Å². The van der Waals surface area contributed by atoms with Crippen molar-refractivity contribution in [2.75, 3.05) is 7.05 Å². The van der Waals surface area contributed by atoms with Crippen LogP contribution in [0.5, 0.6) is 0 Å². The van der Waals surface area contributed by atoms with E-state index in [0.29, 0.717) is 6.42 Å². The van der Waals surface area contributed by atoms with Gasteiger partial charge in [-0.1, -0.05) is 6.92 Å². The quantitative estimate of drug-likeness (QED) is 0.583. The first-order valence-corrected chi connectivity index (χ1v) is 4.10. The van der Waals surface area contributed by atoms with E-state index in [2.05, 4.69) is 5.32 Å². The number of likely N-dealkylation sites (N-methyl/N-ethyl adjacent to an activating group) is 1. The SMILES string of the molecule is CCCC(=O)[C@H](CC(N)=O)NC. The molecule has 0 aliphatic carbocycles. The molecule has 0 rings (SSSR count). The Morgan fingerprint density at radius 3 is 2.42 bits per heavy atom. The van der Waals surface area contributed by atoms with Crippen LogP contribution in [-0.4, -0.2) is 24.8 Å². The fourth-order valence-corrected chi connectivity index (χ4v) is 0.999. The lowest BCUT2D eigenvalue weighted by atomic mass is 10.1. The lowest BCUT2D eigenvalue weighted by molar-refractivity contribution is -0.125. The van der Waals surface area contributed by atoms with Crippen molar-refractivity contribution in [1.82, 2.24) is 5.32 Å². The lowest BCUT2D eigenvalue weighted by Crippen LogP contribution is -2.37. The Morgan fingerprint density at radius 2 is 2.08 bits per heavy atom. The molecule has 0 spiro atoms. The molecule has 0 heterocycles. The standard InChI is InChI=1S/C8H16N2O2/c1-3-4-7(11)6(10-2)5-8(9)12/h6,10H,3-5H2,1-2H3,(H2,9,12)/t6-/m0/s1. The Labute approximate surface area is 72.5 Å². The maximum absolute atomic E-state index is 11.2. The van der Waals surface area contributed by atoms with Gasteiger partial charge in [-0.05, 0) is 13.5 Å². The minimum absolute atomic E-state index is 0.0544. The van der Waals surface area contributed by atoms with E-state index in [9.17, 15) is 9.59 Å². The molecule has 70 valence electrons. The number of hydrogen-bond donors (Lipinski definition) is 2. The first-order valence-electron chi connectivity index (χ1n) is 4.10. The van der Waals surface area contributed by atoms with Crippen LogP contribution >= 0.6 is 0 Å². The molecule has 0 aromatic heterocycles. The Balaban J connectivity index is 3.96. The van der Waals surface area contributed by atoms with Gasteiger partial charge in [0.1, 0.15) is 5.78 Å². The molecule has 0 saturated heterocycles. The van der Waals surface area contributed by atoms with Crippen molar-refractivity contribution in [3.63, 3.8) is 0 Å². The molecule has 0 saturated carbocycles. The van der Waals surface area contributed by atoms with Gasteiger partial charge in [0.15, 0.2) is 0 Å². The second-order valence-corrected chi connectivity index (χ2v) is 2.73. The molecule has 0 radical (unpaired) electrons. The van der Waals surface area contributed by atoms with Crippen LogP contribution in [0.1, 0.15) is 26.2 Å². The highest BCUT2D eigenvalue weighted by atomic mass is 16.1. The third-order valence-electron chi connectivity index (χ3n) is 1.64. The molecule has 4 heteroatoms. The fraction of sp³-hybridized carbons (Fsp3) is 0.750. The van der Waals surface area contributed by atoms with Crippen molar-refractivity contribution < 1.29 is 9.59 Å². The smallest absolute Gasteiger partial charge is 0.219 e. The average Bonchev–Trinajstić information content (AvgIpc) is 2.00. The molecule has 3 N–H and O–H groups in total. The van der Waals surface area contributed by atoms with E-state index >= 15 is 0 Å². The van der Waals surface area contributed by atoms with Gasteiger partial charge >= 0.3 is 0 Å². The zero-order valence-corrected chi connectivity index (χ0v) is 7.59. The van der Waals surface area contributed by atoms with E-state index in [4.69, 9.17) is 5.73 Å². The molecule has 0 aliphatic heterocycles. The number of Topliss-reactive ketones (excluding diaryl/α,β-unsaturated/α-hetero) is 1. The number of rotatable bonds is 6. The summed E-state index contributed by atoms with van der Waals surface area (Å²) < 4.78 is 0. The van der Waals surface area contributed by atoms with Gasteiger partial charge in [-0.3, -0.25) is 9.59 Å². The number of ketones is 1. The van der Waals surface area contributed by atoms with Gasteiger partial charge in [0, 0.05) is 12.8 Å². The Bertz CT molecular complexity index is 168. The Morgan fingerprint density at radius 1 is 1.50 bits per heavy atom. The second-order valence-electron chi connectivity index (χ2n) is 2.73. The van der Waals surface area contributed by atoms with Crippen LogP contribution < -0.4 is 11.1 Å². The van der Waals surface area contributed by atoms with Crippen molar-refractivity contribution in [2.45, 2.75) is 32.2 Å². The zero-order chi connectivity index (χ0) is 9.56. The third-order valence-corrected chi connectivity index (χ3v) is 1.64. The van der Waals surface area contributed by atoms with E-state index in [0.717, 1.165) is 6.42 Å². The number of amides is 1. The van der Waals surface area contributed by atoms with Crippen LogP contribution in [0, 0.1) is 0 Å². The van der Waals surface area contributed by atoms with E-state index in [1.54, 1.807) is 7.05 Å². The molecule has 0 aromatic carbocycles. The number of carbonyl (C=O) groups is 2. The van der Waals surface area contributed by atoms with Crippen LogP contribution in [0.25, 0.3) is 0 Å². The van der Waals surface area contributed by atoms with Gasteiger partial charge in [0.25, 0.3) is 0 Å². The van der Waals surface area contributed by atoms with Gasteiger partial charge in [0.2, 0.25) is 5.91 Å². The minimum Gasteiger partial charge on any atom is -0.370 e. The molecular formula is C8H16N2O2. The first-order chi connectivity index (χ1) is 5.61. The van der Waals surface area contributed by atoms with Crippen molar-refractivity contribution in [1.29, 1.82) is 0 Å². The van der Waals surface area contributed by atoms with E-state index in [1.165, 1.54) is 0 Å². The van der Waals surface area contributed by atoms with Crippen LogP contribution in [0.3, 0.4) is 0 Å². The molecule has 0 unspecified atom stereocenters. The molecular weight excluding hydrogens is 156 g/mol. The maximum Gasteiger partial charge on any atom is 0.219 e. The zero-order valence-electron chi connectivity index (χ0n) is 7.59. The van der Waals surface area contributed by atoms with E-state index < -0.39 is 11.9 Å². The number of primary amides is 1. The van der Waals surface area contributed by atoms with E-state index in [1.807, 2.05) is 6.92 Å². The molecule has 12 heavy (non-hydrogen) atoms. The van der Waals surface area contributed by atoms with Crippen molar-refractivity contribution in [3.05, 3.63) is 0 Å². The third kappa shape index (κ3) is 4.08. The molecule has 0 aromatic rings. The average molecular weight is 172 g/mol. The Hall–Kier alpha value is -0.900. The minimum atomic E-state index is -0.446. The molecule has 0 fully saturated rings. The summed E-state index contributed by atoms with van der Waals surface area (Å²) in [5.41, 5.74) is 4.97.